The number of anilines is 1. The van der Waals surface area contributed by atoms with Crippen LogP contribution in [-0.4, -0.2) is 68.7 Å². The fourth-order valence-electron chi connectivity index (χ4n) is 6.23. The van der Waals surface area contributed by atoms with E-state index < -0.39 is 14.5 Å². The van der Waals surface area contributed by atoms with Gasteiger partial charge in [0.2, 0.25) is 14.3 Å². The number of benzene rings is 2. The highest BCUT2D eigenvalue weighted by atomic mass is 28.4. The Morgan fingerprint density at radius 3 is 2.44 bits per heavy atom. The summed E-state index contributed by atoms with van der Waals surface area (Å²) >= 11 is 0. The average Bonchev–Trinajstić information content (AvgIpc) is 3.52. The number of nitrogens with one attached hydrogen (secondary N) is 1. The molecule has 2 N–H and O–H groups in total. The molecule has 0 bridgehead atoms. The van der Waals surface area contributed by atoms with Gasteiger partial charge in [-0.2, -0.15) is 0 Å². The van der Waals surface area contributed by atoms with Crippen LogP contribution in [0, 0.1) is 5.92 Å². The smallest absolute Gasteiger partial charge is 0.255 e. The van der Waals surface area contributed by atoms with Crippen LogP contribution in [-0.2, 0) is 16.0 Å². The number of methoxy groups -OCH3 is 1. The topological polar surface area (TPSA) is 88.1 Å². The maximum Gasteiger partial charge on any atom is 0.255 e. The first-order chi connectivity index (χ1) is 18.6. The number of aryl methyl sites for hydroxylation is 1. The minimum Gasteiger partial charge on any atom is -0.497 e. The molecule has 0 aromatic heterocycles. The largest absolute Gasteiger partial charge is 0.497 e. The molecule has 9 heteroatoms. The summed E-state index contributed by atoms with van der Waals surface area (Å²) < 4.78 is 27.0. The first-order valence-electron chi connectivity index (χ1n) is 13.9. The summed E-state index contributed by atoms with van der Waals surface area (Å²) in [5.41, 5.74) is 2.10. The summed E-state index contributed by atoms with van der Waals surface area (Å²) in [4.78, 5) is 27.3. The molecule has 212 valence electrons. The third-order valence-electron chi connectivity index (χ3n) is 8.26. The molecule has 0 aliphatic carbocycles. The molecular weight excluding hydrogens is 515 g/mol. The predicted molar refractivity (Wildman–Crippen MR) is 152 cm³/mol. The second-order valence-electron chi connectivity index (χ2n) is 11.4. The molecule has 2 heterocycles. The number of nitrogens with zero attached hydrogens (tertiary/aromatic N) is 1. The summed E-state index contributed by atoms with van der Waals surface area (Å²) in [6.07, 6.45) is 2.79. The molecule has 2 aliphatic heterocycles. The number of amides is 2. The number of carbonyl (C=O) groups excluding carboxylic acids is 2. The number of ether oxygens (including phenoxy) is 2. The normalized spacial score (nSPS) is 25.1. The van der Waals surface area contributed by atoms with E-state index in [0.29, 0.717) is 23.5 Å². The van der Waals surface area contributed by atoms with Gasteiger partial charge >= 0.3 is 0 Å². The van der Waals surface area contributed by atoms with Gasteiger partial charge in [0.25, 0.3) is 5.91 Å². The van der Waals surface area contributed by atoms with E-state index in [9.17, 15) is 14.7 Å². The molecular formula is C30H41FN2O5Si. The number of rotatable bonds is 10. The number of hydrogen-bond donors (Lipinski definition) is 2. The Hall–Kier alpha value is -2.75. The lowest BCUT2D eigenvalue weighted by Crippen LogP contribution is -2.42. The van der Waals surface area contributed by atoms with Crippen LogP contribution in [0.3, 0.4) is 0 Å². The first-order valence-corrected chi connectivity index (χ1v) is 16.8. The van der Waals surface area contributed by atoms with Gasteiger partial charge in [0.15, 0.2) is 0 Å². The lowest BCUT2D eigenvalue weighted by atomic mass is 9.95. The summed E-state index contributed by atoms with van der Waals surface area (Å²) in [7, 11) is -1.50. The molecule has 0 spiro atoms. The number of hydrogen-bond acceptors (Lipinski definition) is 5. The van der Waals surface area contributed by atoms with Crippen molar-refractivity contribution in [2.24, 2.45) is 5.92 Å². The van der Waals surface area contributed by atoms with Crippen LogP contribution in [0.4, 0.5) is 9.80 Å². The predicted octanol–water partition coefficient (Wildman–Crippen LogP) is 5.20. The fraction of sp³-hybridized carbons (Fsp3) is 0.533. The average molecular weight is 557 g/mol. The molecule has 2 aliphatic rings. The minimum absolute atomic E-state index is 0.0183. The number of carbonyl (C=O) groups is 2. The SMILES string of the molecule is COc1ccc(C(=O)Nc2ccc(CC[C@@H]3O[C@H](CC(=O)N4CCC[C@H]4CO)[C@@H]([Si](C)(C)F)[C@@H]3C)cc2)cc1. The highest BCUT2D eigenvalue weighted by molar-refractivity contribution is 6.72. The fourth-order valence-corrected chi connectivity index (χ4v) is 8.77. The minimum atomic E-state index is -3.08. The van der Waals surface area contributed by atoms with Crippen molar-refractivity contribution in [3.05, 3.63) is 59.7 Å². The van der Waals surface area contributed by atoms with E-state index in [1.807, 2.05) is 24.3 Å². The Morgan fingerprint density at radius 1 is 1.13 bits per heavy atom. The maximum absolute atomic E-state index is 15.5. The van der Waals surface area contributed by atoms with Crippen LogP contribution in [0.1, 0.15) is 48.5 Å². The van der Waals surface area contributed by atoms with Crippen molar-refractivity contribution in [1.82, 2.24) is 4.90 Å². The molecule has 0 unspecified atom stereocenters. The van der Waals surface area contributed by atoms with E-state index in [2.05, 4.69) is 12.2 Å². The molecule has 7 nitrogen and oxygen atoms in total. The van der Waals surface area contributed by atoms with Crippen LogP contribution in [0.2, 0.25) is 18.6 Å². The Morgan fingerprint density at radius 2 is 1.82 bits per heavy atom. The number of halogens is 1. The van der Waals surface area contributed by atoms with Crippen molar-refractivity contribution in [3.8, 4) is 5.75 Å². The molecule has 5 atom stereocenters. The Bertz CT molecular complexity index is 1120. The summed E-state index contributed by atoms with van der Waals surface area (Å²) in [6, 6.07) is 14.5. The van der Waals surface area contributed by atoms with Crippen LogP contribution < -0.4 is 10.1 Å². The van der Waals surface area contributed by atoms with Gasteiger partial charge in [0, 0.05) is 23.3 Å². The number of aliphatic hydroxyl groups is 1. The summed E-state index contributed by atoms with van der Waals surface area (Å²) in [5.74, 6) is 0.479. The monoisotopic (exact) mass is 556 g/mol. The molecule has 2 amide bonds. The lowest BCUT2D eigenvalue weighted by molar-refractivity contribution is -0.135. The quantitative estimate of drug-likeness (QED) is 0.310. The number of aliphatic hydroxyl groups excluding tert-OH is 1. The number of likely N-dealkylation sites (tertiary alicyclic amines) is 1. The van der Waals surface area contributed by atoms with Crippen LogP contribution >= 0.6 is 0 Å². The molecule has 2 aromatic rings. The standard InChI is InChI=1S/C30H41FN2O5Si/c1-20-26(38-27(29(20)39(3,4)31)18-28(35)33-17-5-6-24(33)19-34)16-9-21-7-12-23(13-8-21)32-30(36)22-10-14-25(37-2)15-11-22/h7-8,10-15,20,24,26-27,29,34H,5-6,9,16-19H2,1-4H3,(H,32,36)/t20-,24+,26+,27-,29+/m1/s1. The van der Waals surface area contributed by atoms with Crippen LogP contribution in [0.5, 0.6) is 5.75 Å². The lowest BCUT2D eigenvalue weighted by Gasteiger charge is -2.30. The van der Waals surface area contributed by atoms with Crippen molar-refractivity contribution in [3.63, 3.8) is 0 Å². The summed E-state index contributed by atoms with van der Waals surface area (Å²) in [5, 5.41) is 12.5. The van der Waals surface area contributed by atoms with E-state index in [1.54, 1.807) is 49.4 Å². The van der Waals surface area contributed by atoms with Crippen LogP contribution in [0.15, 0.2) is 48.5 Å². The van der Waals surface area contributed by atoms with Crippen molar-refractivity contribution in [1.29, 1.82) is 0 Å². The van der Waals surface area contributed by atoms with Crippen molar-refractivity contribution in [2.45, 2.75) is 75.9 Å². The Kier molecular flexibility index (Phi) is 9.46. The highest BCUT2D eigenvalue weighted by Crippen LogP contribution is 2.47. The Balaban J connectivity index is 1.34. The van der Waals surface area contributed by atoms with Gasteiger partial charge in [-0.15, -0.1) is 0 Å². The van der Waals surface area contributed by atoms with E-state index in [0.717, 1.165) is 31.2 Å². The van der Waals surface area contributed by atoms with Crippen LogP contribution in [0.25, 0.3) is 0 Å². The van der Waals surface area contributed by atoms with Gasteiger partial charge in [0.1, 0.15) is 5.75 Å². The zero-order chi connectivity index (χ0) is 28.2. The van der Waals surface area contributed by atoms with E-state index in [-0.39, 0.29) is 48.4 Å². The van der Waals surface area contributed by atoms with E-state index >= 15 is 4.11 Å². The van der Waals surface area contributed by atoms with Gasteiger partial charge in [-0.25, -0.2) is 0 Å². The zero-order valence-electron chi connectivity index (χ0n) is 23.4. The molecule has 2 aromatic carbocycles. The van der Waals surface area contributed by atoms with Gasteiger partial charge < -0.3 is 28.9 Å². The van der Waals surface area contributed by atoms with Gasteiger partial charge in [-0.05, 0) is 86.7 Å². The molecule has 2 saturated heterocycles. The van der Waals surface area contributed by atoms with Crippen molar-refractivity contribution < 1.29 is 28.3 Å². The third kappa shape index (κ3) is 7.07. The van der Waals surface area contributed by atoms with Crippen molar-refractivity contribution in [2.75, 3.05) is 25.6 Å². The third-order valence-corrected chi connectivity index (χ3v) is 10.7. The maximum atomic E-state index is 15.5. The van der Waals surface area contributed by atoms with E-state index in [1.165, 1.54) is 0 Å². The second-order valence-corrected chi connectivity index (χ2v) is 15.1. The molecule has 2 fully saturated rings. The first kappa shape index (κ1) is 29.2. The summed E-state index contributed by atoms with van der Waals surface area (Å²) in [6.45, 7) is 6.09. The van der Waals surface area contributed by atoms with Gasteiger partial charge in [-0.1, -0.05) is 19.1 Å². The highest BCUT2D eigenvalue weighted by Gasteiger charge is 2.52. The molecule has 0 saturated carbocycles. The Labute approximate surface area is 231 Å². The van der Waals surface area contributed by atoms with Crippen molar-refractivity contribution >= 4 is 25.9 Å². The van der Waals surface area contributed by atoms with Gasteiger partial charge in [0.05, 0.1) is 38.4 Å². The molecule has 39 heavy (non-hydrogen) atoms. The van der Waals surface area contributed by atoms with Gasteiger partial charge in [-0.3, -0.25) is 9.59 Å². The molecule has 0 radical (unpaired) electrons. The zero-order valence-corrected chi connectivity index (χ0v) is 24.4. The second kappa shape index (κ2) is 12.6. The van der Waals surface area contributed by atoms with E-state index in [4.69, 9.17) is 9.47 Å². The molecule has 4 rings (SSSR count).